The number of hydrogen-bond donors (Lipinski definition) is 1. The standard InChI is InChI=1S/C15H18N2O2/c18-14-6-3-7-15(19)17(14)9-8-11-10-16-13-5-2-1-4-12(11)13/h1-2,4-5,11,16H,3,6-10H2. The Hall–Kier alpha value is -1.84. The lowest BCUT2D eigenvalue weighted by atomic mass is 9.97. The topological polar surface area (TPSA) is 49.4 Å². The number of anilines is 1. The second-order valence-corrected chi connectivity index (χ2v) is 5.25. The summed E-state index contributed by atoms with van der Waals surface area (Å²) in [5, 5.41) is 3.37. The fourth-order valence-corrected chi connectivity index (χ4v) is 2.95. The normalized spacial score (nSPS) is 22.3. The van der Waals surface area contributed by atoms with Gasteiger partial charge in [-0.3, -0.25) is 14.5 Å². The molecule has 4 heteroatoms. The summed E-state index contributed by atoms with van der Waals surface area (Å²) < 4.78 is 0. The van der Waals surface area contributed by atoms with Crippen LogP contribution in [-0.2, 0) is 9.59 Å². The van der Waals surface area contributed by atoms with Crippen molar-refractivity contribution in [3.05, 3.63) is 29.8 Å². The van der Waals surface area contributed by atoms with E-state index in [0.717, 1.165) is 13.0 Å². The molecule has 19 heavy (non-hydrogen) atoms. The van der Waals surface area contributed by atoms with Crippen molar-refractivity contribution >= 4 is 17.5 Å². The zero-order valence-corrected chi connectivity index (χ0v) is 10.9. The molecule has 3 rings (SSSR count). The van der Waals surface area contributed by atoms with Crippen molar-refractivity contribution in [1.82, 2.24) is 4.90 Å². The zero-order chi connectivity index (χ0) is 13.2. The first-order chi connectivity index (χ1) is 9.25. The van der Waals surface area contributed by atoms with Gasteiger partial charge in [0.15, 0.2) is 0 Å². The van der Waals surface area contributed by atoms with E-state index in [9.17, 15) is 9.59 Å². The van der Waals surface area contributed by atoms with Crippen LogP contribution < -0.4 is 5.32 Å². The van der Waals surface area contributed by atoms with Crippen molar-refractivity contribution in [3.63, 3.8) is 0 Å². The highest BCUT2D eigenvalue weighted by Gasteiger charge is 2.28. The number of piperidine rings is 1. The minimum atomic E-state index is -0.00417. The van der Waals surface area contributed by atoms with Gasteiger partial charge in [-0.25, -0.2) is 0 Å². The Balaban J connectivity index is 1.64. The largest absolute Gasteiger partial charge is 0.384 e. The van der Waals surface area contributed by atoms with Crippen LogP contribution in [0.3, 0.4) is 0 Å². The molecule has 1 fully saturated rings. The summed E-state index contributed by atoms with van der Waals surface area (Å²) in [5.74, 6) is 0.393. The minimum absolute atomic E-state index is 0.00417. The highest BCUT2D eigenvalue weighted by molar-refractivity contribution is 5.97. The molecular formula is C15H18N2O2. The van der Waals surface area contributed by atoms with Crippen LogP contribution in [0.15, 0.2) is 24.3 Å². The number of nitrogens with zero attached hydrogens (tertiary/aromatic N) is 1. The molecule has 0 aromatic heterocycles. The molecular weight excluding hydrogens is 240 g/mol. The van der Waals surface area contributed by atoms with Gasteiger partial charge in [0.25, 0.3) is 0 Å². The summed E-state index contributed by atoms with van der Waals surface area (Å²) in [6.45, 7) is 1.45. The molecule has 0 saturated carbocycles. The maximum Gasteiger partial charge on any atom is 0.229 e. The second kappa shape index (κ2) is 5.03. The van der Waals surface area contributed by atoms with Crippen molar-refractivity contribution in [3.8, 4) is 0 Å². The van der Waals surface area contributed by atoms with E-state index >= 15 is 0 Å². The Labute approximate surface area is 112 Å². The third-order valence-corrected chi connectivity index (χ3v) is 4.02. The van der Waals surface area contributed by atoms with Gasteiger partial charge in [-0.2, -0.15) is 0 Å². The number of carbonyl (C=O) groups excluding carboxylic acids is 2. The van der Waals surface area contributed by atoms with Gasteiger partial charge < -0.3 is 5.32 Å². The molecule has 2 heterocycles. The number of para-hydroxylation sites is 1. The number of likely N-dealkylation sites (tertiary alicyclic amines) is 1. The number of imide groups is 1. The van der Waals surface area contributed by atoms with Crippen molar-refractivity contribution in [2.75, 3.05) is 18.4 Å². The number of benzene rings is 1. The van der Waals surface area contributed by atoms with Gasteiger partial charge in [-0.15, -0.1) is 0 Å². The lowest BCUT2D eigenvalue weighted by molar-refractivity contribution is -0.148. The van der Waals surface area contributed by atoms with Crippen LogP contribution in [0.25, 0.3) is 0 Å². The molecule has 1 N–H and O–H groups in total. The molecule has 4 nitrogen and oxygen atoms in total. The fourth-order valence-electron chi connectivity index (χ4n) is 2.95. The first-order valence-electron chi connectivity index (χ1n) is 6.91. The molecule has 0 aliphatic carbocycles. The van der Waals surface area contributed by atoms with E-state index < -0.39 is 0 Å². The van der Waals surface area contributed by atoms with Gasteiger partial charge in [0, 0.05) is 37.5 Å². The SMILES string of the molecule is O=C1CCCC(=O)N1CCC1CNc2ccccc21. The predicted octanol–water partition coefficient (Wildman–Crippen LogP) is 2.12. The third kappa shape index (κ3) is 2.35. The van der Waals surface area contributed by atoms with E-state index in [1.807, 2.05) is 12.1 Å². The Morgan fingerprint density at radius 1 is 1.16 bits per heavy atom. The summed E-state index contributed by atoms with van der Waals surface area (Å²) in [7, 11) is 0. The summed E-state index contributed by atoms with van der Waals surface area (Å²) in [4.78, 5) is 24.9. The molecule has 1 unspecified atom stereocenters. The molecule has 1 atom stereocenters. The molecule has 100 valence electrons. The van der Waals surface area contributed by atoms with Crippen LogP contribution >= 0.6 is 0 Å². The average molecular weight is 258 g/mol. The van der Waals surface area contributed by atoms with Gasteiger partial charge in [0.1, 0.15) is 0 Å². The Morgan fingerprint density at radius 2 is 1.89 bits per heavy atom. The third-order valence-electron chi connectivity index (χ3n) is 4.02. The first-order valence-corrected chi connectivity index (χ1v) is 6.91. The summed E-state index contributed by atoms with van der Waals surface area (Å²) >= 11 is 0. The molecule has 1 aromatic carbocycles. The van der Waals surface area contributed by atoms with Gasteiger partial charge in [-0.1, -0.05) is 18.2 Å². The minimum Gasteiger partial charge on any atom is -0.384 e. The monoisotopic (exact) mass is 258 g/mol. The van der Waals surface area contributed by atoms with E-state index in [2.05, 4.69) is 17.4 Å². The van der Waals surface area contributed by atoms with Crippen LogP contribution in [-0.4, -0.2) is 29.8 Å². The van der Waals surface area contributed by atoms with Crippen molar-refractivity contribution in [1.29, 1.82) is 0 Å². The number of fused-ring (bicyclic) bond motifs is 1. The van der Waals surface area contributed by atoms with Crippen molar-refractivity contribution in [2.24, 2.45) is 0 Å². The van der Waals surface area contributed by atoms with Crippen LogP contribution in [0.4, 0.5) is 5.69 Å². The smallest absolute Gasteiger partial charge is 0.229 e. The Bertz CT molecular complexity index is 497. The average Bonchev–Trinajstić information content (AvgIpc) is 2.82. The summed E-state index contributed by atoms with van der Waals surface area (Å²) in [6, 6.07) is 8.26. The van der Waals surface area contributed by atoms with E-state index in [-0.39, 0.29) is 11.8 Å². The van der Waals surface area contributed by atoms with Crippen LogP contribution in [0, 0.1) is 0 Å². The van der Waals surface area contributed by atoms with E-state index in [0.29, 0.717) is 31.7 Å². The van der Waals surface area contributed by atoms with E-state index in [1.54, 1.807) is 0 Å². The fraction of sp³-hybridized carbons (Fsp3) is 0.467. The van der Waals surface area contributed by atoms with Crippen LogP contribution in [0.5, 0.6) is 0 Å². The van der Waals surface area contributed by atoms with Gasteiger partial charge >= 0.3 is 0 Å². The van der Waals surface area contributed by atoms with Crippen molar-refractivity contribution in [2.45, 2.75) is 31.6 Å². The maximum atomic E-state index is 11.7. The van der Waals surface area contributed by atoms with Gasteiger partial charge in [-0.05, 0) is 24.5 Å². The molecule has 2 aliphatic heterocycles. The first kappa shape index (κ1) is 12.2. The highest BCUT2D eigenvalue weighted by atomic mass is 16.2. The number of nitrogens with one attached hydrogen (secondary N) is 1. The Morgan fingerprint density at radius 3 is 2.68 bits per heavy atom. The second-order valence-electron chi connectivity index (χ2n) is 5.25. The Kier molecular flexibility index (Phi) is 3.23. The predicted molar refractivity (Wildman–Crippen MR) is 72.9 cm³/mol. The zero-order valence-electron chi connectivity index (χ0n) is 10.9. The van der Waals surface area contributed by atoms with E-state index in [4.69, 9.17) is 0 Å². The molecule has 2 aliphatic rings. The lowest BCUT2D eigenvalue weighted by Crippen LogP contribution is -2.41. The number of amides is 2. The number of rotatable bonds is 3. The maximum absolute atomic E-state index is 11.7. The van der Waals surface area contributed by atoms with E-state index in [1.165, 1.54) is 16.2 Å². The van der Waals surface area contributed by atoms with Crippen molar-refractivity contribution < 1.29 is 9.59 Å². The van der Waals surface area contributed by atoms with Crippen LogP contribution in [0.2, 0.25) is 0 Å². The highest BCUT2D eigenvalue weighted by Crippen LogP contribution is 2.33. The van der Waals surface area contributed by atoms with Gasteiger partial charge in [0.2, 0.25) is 11.8 Å². The molecule has 1 aromatic rings. The van der Waals surface area contributed by atoms with Gasteiger partial charge in [0.05, 0.1) is 0 Å². The lowest BCUT2D eigenvalue weighted by Gasteiger charge is -2.25. The number of hydrogen-bond acceptors (Lipinski definition) is 3. The number of carbonyl (C=O) groups is 2. The summed E-state index contributed by atoms with van der Waals surface area (Å²) in [6.07, 6.45) is 2.60. The molecule has 0 spiro atoms. The molecule has 1 saturated heterocycles. The quantitative estimate of drug-likeness (QED) is 0.845. The summed E-state index contributed by atoms with van der Waals surface area (Å²) in [5.41, 5.74) is 2.49. The molecule has 0 bridgehead atoms. The molecule has 2 amide bonds. The van der Waals surface area contributed by atoms with Crippen LogP contribution in [0.1, 0.15) is 37.2 Å². The molecule has 0 radical (unpaired) electrons.